The zero-order chi connectivity index (χ0) is 20.3. The number of hydrogen-bond acceptors (Lipinski definition) is 6. The van der Waals surface area contributed by atoms with Gasteiger partial charge in [-0.15, -0.1) is 0 Å². The molecule has 0 radical (unpaired) electrons. The number of ether oxygens (including phenoxy) is 2. The number of H-pyrrole nitrogens is 1. The molecule has 0 unspecified atom stereocenters. The molecule has 0 aliphatic heterocycles. The fourth-order valence-corrected chi connectivity index (χ4v) is 3.68. The molecule has 1 aromatic carbocycles. The van der Waals surface area contributed by atoms with E-state index in [-0.39, 0.29) is 6.54 Å². The van der Waals surface area contributed by atoms with Crippen LogP contribution in [0.2, 0.25) is 5.15 Å². The largest absolute Gasteiger partial charge is 0.497 e. The molecule has 0 saturated carbocycles. The molecular weight excluding hydrogens is 400 g/mol. The van der Waals surface area contributed by atoms with Crippen molar-refractivity contribution in [3.8, 4) is 16.2 Å². The van der Waals surface area contributed by atoms with Gasteiger partial charge in [-0.05, 0) is 38.5 Å². The van der Waals surface area contributed by atoms with Crippen LogP contribution in [0.15, 0.2) is 36.7 Å². The Hall–Kier alpha value is -2.58. The number of hydrogen-bond donors (Lipinski definition) is 1. The van der Waals surface area contributed by atoms with Crippen molar-refractivity contribution in [2.45, 2.75) is 32.9 Å². The Morgan fingerprint density at radius 1 is 1.29 bits per heavy atom. The maximum absolute atomic E-state index is 12.9. The van der Waals surface area contributed by atoms with E-state index in [4.69, 9.17) is 21.1 Å². The van der Waals surface area contributed by atoms with Crippen LogP contribution in [0, 0.1) is 0 Å². The summed E-state index contributed by atoms with van der Waals surface area (Å²) in [7, 11) is 1.61. The highest BCUT2D eigenvalue weighted by Gasteiger charge is 2.27. The first kappa shape index (κ1) is 20.2. The lowest BCUT2D eigenvalue weighted by Gasteiger charge is -2.26. The number of halogens is 1. The van der Waals surface area contributed by atoms with E-state index in [0.717, 1.165) is 21.8 Å². The van der Waals surface area contributed by atoms with Crippen LogP contribution >= 0.6 is 22.9 Å². The molecule has 28 heavy (non-hydrogen) atoms. The van der Waals surface area contributed by atoms with Crippen molar-refractivity contribution in [2.24, 2.45) is 0 Å². The zero-order valence-corrected chi connectivity index (χ0v) is 17.6. The standard InChI is InChI=1S/C19H21ClN4O3S/c1-19(2,3)27-18(25)24(11-12-5-7-14(26-4)8-6-12)17-23-16(20)15(28-17)13-9-21-22-10-13/h5-10H,11H2,1-4H3,(H,21,22). The van der Waals surface area contributed by atoms with Crippen LogP contribution in [0.1, 0.15) is 26.3 Å². The van der Waals surface area contributed by atoms with Gasteiger partial charge in [0, 0.05) is 11.8 Å². The highest BCUT2D eigenvalue weighted by molar-refractivity contribution is 7.19. The number of carbonyl (C=O) groups excluding carboxylic acids is 1. The number of aromatic amines is 1. The molecule has 0 aliphatic carbocycles. The number of anilines is 1. The summed E-state index contributed by atoms with van der Waals surface area (Å²) >= 11 is 7.63. The van der Waals surface area contributed by atoms with E-state index in [1.165, 1.54) is 16.2 Å². The molecule has 0 aliphatic rings. The van der Waals surface area contributed by atoms with Gasteiger partial charge in [-0.25, -0.2) is 14.7 Å². The monoisotopic (exact) mass is 420 g/mol. The van der Waals surface area contributed by atoms with Crippen LogP contribution in [0.5, 0.6) is 5.75 Å². The number of aromatic nitrogens is 3. The van der Waals surface area contributed by atoms with Crippen molar-refractivity contribution in [3.63, 3.8) is 0 Å². The second-order valence-electron chi connectivity index (χ2n) is 7.02. The van der Waals surface area contributed by atoms with E-state index in [1.54, 1.807) is 19.5 Å². The number of nitrogens with one attached hydrogen (secondary N) is 1. The van der Waals surface area contributed by atoms with E-state index >= 15 is 0 Å². The van der Waals surface area contributed by atoms with Crippen LogP contribution in [-0.4, -0.2) is 34.0 Å². The fraction of sp³-hybridized carbons (Fsp3) is 0.316. The Morgan fingerprint density at radius 2 is 2.00 bits per heavy atom. The minimum Gasteiger partial charge on any atom is -0.497 e. The quantitative estimate of drug-likeness (QED) is 0.618. The van der Waals surface area contributed by atoms with Crippen molar-refractivity contribution in [3.05, 3.63) is 47.4 Å². The molecule has 0 spiro atoms. The maximum atomic E-state index is 12.9. The summed E-state index contributed by atoms with van der Waals surface area (Å²) in [5.74, 6) is 0.743. The minimum absolute atomic E-state index is 0.285. The Kier molecular flexibility index (Phi) is 5.90. The summed E-state index contributed by atoms with van der Waals surface area (Å²) in [6.45, 7) is 5.75. The third-order valence-electron chi connectivity index (χ3n) is 3.68. The van der Waals surface area contributed by atoms with Crippen molar-refractivity contribution in [2.75, 3.05) is 12.0 Å². The minimum atomic E-state index is -0.635. The molecule has 0 atom stereocenters. The van der Waals surface area contributed by atoms with Crippen molar-refractivity contribution >= 4 is 34.2 Å². The van der Waals surface area contributed by atoms with Crippen molar-refractivity contribution in [1.82, 2.24) is 15.2 Å². The molecule has 0 bridgehead atoms. The van der Waals surface area contributed by atoms with Crippen LogP contribution < -0.4 is 9.64 Å². The molecule has 3 rings (SSSR count). The maximum Gasteiger partial charge on any atom is 0.416 e. The fourth-order valence-electron chi connectivity index (χ4n) is 2.40. The molecule has 2 aromatic heterocycles. The average Bonchev–Trinajstić information content (AvgIpc) is 3.28. The van der Waals surface area contributed by atoms with Crippen LogP contribution in [0.25, 0.3) is 10.4 Å². The van der Waals surface area contributed by atoms with Gasteiger partial charge >= 0.3 is 6.09 Å². The molecule has 9 heteroatoms. The van der Waals surface area contributed by atoms with Gasteiger partial charge in [0.1, 0.15) is 16.5 Å². The topological polar surface area (TPSA) is 80.3 Å². The summed E-state index contributed by atoms with van der Waals surface area (Å²) in [5.41, 5.74) is 1.08. The number of nitrogens with zero attached hydrogens (tertiary/aromatic N) is 3. The second kappa shape index (κ2) is 8.20. The predicted molar refractivity (Wildman–Crippen MR) is 110 cm³/mol. The van der Waals surface area contributed by atoms with Gasteiger partial charge in [-0.3, -0.25) is 5.10 Å². The number of carbonyl (C=O) groups is 1. The average molecular weight is 421 g/mol. The molecule has 0 fully saturated rings. The van der Waals surface area contributed by atoms with E-state index in [1.807, 2.05) is 45.0 Å². The molecule has 7 nitrogen and oxygen atoms in total. The number of benzene rings is 1. The molecule has 148 valence electrons. The zero-order valence-electron chi connectivity index (χ0n) is 16.0. The first-order chi connectivity index (χ1) is 13.3. The summed E-state index contributed by atoms with van der Waals surface area (Å²) in [6, 6.07) is 7.47. The van der Waals surface area contributed by atoms with E-state index < -0.39 is 11.7 Å². The van der Waals surface area contributed by atoms with Crippen molar-refractivity contribution < 1.29 is 14.3 Å². The summed E-state index contributed by atoms with van der Waals surface area (Å²) in [6.07, 6.45) is 2.89. The molecule has 1 N–H and O–H groups in total. The molecule has 3 aromatic rings. The number of thiazole rings is 1. The third-order valence-corrected chi connectivity index (χ3v) is 5.19. The third kappa shape index (κ3) is 4.82. The van der Waals surface area contributed by atoms with E-state index in [2.05, 4.69) is 15.2 Å². The van der Waals surface area contributed by atoms with Gasteiger partial charge in [0.05, 0.1) is 24.7 Å². The van der Waals surface area contributed by atoms with Crippen LogP contribution in [0.4, 0.5) is 9.93 Å². The van der Waals surface area contributed by atoms with Gasteiger partial charge in [0.15, 0.2) is 5.13 Å². The van der Waals surface area contributed by atoms with Gasteiger partial charge in [0.2, 0.25) is 0 Å². The number of rotatable bonds is 5. The van der Waals surface area contributed by atoms with E-state index in [9.17, 15) is 4.79 Å². The Balaban J connectivity index is 1.93. The lowest BCUT2D eigenvalue weighted by atomic mass is 10.2. The second-order valence-corrected chi connectivity index (χ2v) is 8.35. The predicted octanol–water partition coefficient (Wildman–Crippen LogP) is 5.14. The van der Waals surface area contributed by atoms with Gasteiger partial charge in [0.25, 0.3) is 0 Å². The lowest BCUT2D eigenvalue weighted by Crippen LogP contribution is -2.36. The normalized spacial score (nSPS) is 11.3. The first-order valence-corrected chi connectivity index (χ1v) is 9.75. The Morgan fingerprint density at radius 3 is 2.57 bits per heavy atom. The smallest absolute Gasteiger partial charge is 0.416 e. The molecule has 0 saturated heterocycles. The summed E-state index contributed by atoms with van der Waals surface area (Å²) in [5, 5.41) is 7.45. The Labute approximate surface area is 172 Å². The highest BCUT2D eigenvalue weighted by Crippen LogP contribution is 2.38. The Bertz CT molecular complexity index is 933. The van der Waals surface area contributed by atoms with Crippen LogP contribution in [-0.2, 0) is 11.3 Å². The molecular formula is C19H21ClN4O3S. The van der Waals surface area contributed by atoms with E-state index in [0.29, 0.717) is 10.3 Å². The SMILES string of the molecule is COc1ccc(CN(C(=O)OC(C)(C)C)c2nc(Cl)c(-c3cn[nH]c3)s2)cc1. The highest BCUT2D eigenvalue weighted by atomic mass is 35.5. The summed E-state index contributed by atoms with van der Waals surface area (Å²) in [4.78, 5) is 19.5. The van der Waals surface area contributed by atoms with Crippen LogP contribution in [0.3, 0.4) is 0 Å². The van der Waals surface area contributed by atoms with Gasteiger partial charge in [-0.1, -0.05) is 35.1 Å². The lowest BCUT2D eigenvalue weighted by molar-refractivity contribution is 0.0577. The first-order valence-electron chi connectivity index (χ1n) is 8.56. The summed E-state index contributed by atoms with van der Waals surface area (Å²) < 4.78 is 10.8. The molecule has 2 heterocycles. The van der Waals surface area contributed by atoms with Gasteiger partial charge < -0.3 is 9.47 Å². The van der Waals surface area contributed by atoms with Gasteiger partial charge in [-0.2, -0.15) is 5.10 Å². The number of methoxy groups -OCH3 is 1. The number of amides is 1. The van der Waals surface area contributed by atoms with Crippen molar-refractivity contribution in [1.29, 1.82) is 0 Å². The molecule has 1 amide bonds.